The summed E-state index contributed by atoms with van der Waals surface area (Å²) in [6.45, 7) is 2.10. The summed E-state index contributed by atoms with van der Waals surface area (Å²) >= 11 is 7.68. The molecule has 0 spiro atoms. The topological polar surface area (TPSA) is 35.8 Å². The molecule has 1 aromatic rings. The van der Waals surface area contributed by atoms with Crippen molar-refractivity contribution < 1.29 is 0 Å². The van der Waals surface area contributed by atoms with Gasteiger partial charge >= 0.3 is 0 Å². The van der Waals surface area contributed by atoms with Gasteiger partial charge in [0.15, 0.2) is 0 Å². The highest BCUT2D eigenvalue weighted by Gasteiger charge is 2.25. The largest absolute Gasteiger partial charge is 0.380 e. The van der Waals surface area contributed by atoms with Gasteiger partial charge in [0.2, 0.25) is 0 Å². The summed E-state index contributed by atoms with van der Waals surface area (Å²) < 4.78 is 0. The van der Waals surface area contributed by atoms with E-state index < -0.39 is 0 Å². The number of anilines is 1. The van der Waals surface area contributed by atoms with Gasteiger partial charge in [-0.25, -0.2) is 0 Å². The first-order valence-corrected chi connectivity index (χ1v) is 6.06. The molecule has 1 aliphatic heterocycles. The second-order valence-corrected chi connectivity index (χ2v) is 5.31. The highest BCUT2D eigenvalue weighted by molar-refractivity contribution is 8.00. The zero-order valence-electron chi connectivity index (χ0n) is 8.33. The lowest BCUT2D eigenvalue weighted by Crippen LogP contribution is -2.31. The van der Waals surface area contributed by atoms with Crippen LogP contribution in [0.1, 0.15) is 13.3 Å². The van der Waals surface area contributed by atoms with Gasteiger partial charge < -0.3 is 5.32 Å². The molecule has 1 aliphatic rings. The first-order chi connectivity index (χ1) is 7.20. The Balaban J connectivity index is 2.26. The molecular weight excluding hydrogens is 228 g/mol. The van der Waals surface area contributed by atoms with Gasteiger partial charge in [0, 0.05) is 33.3 Å². The summed E-state index contributed by atoms with van der Waals surface area (Å²) in [6.07, 6.45) is 0.570. The molecule has 15 heavy (non-hydrogen) atoms. The molecule has 0 aliphatic carbocycles. The Morgan fingerprint density at radius 3 is 3.13 bits per heavy atom. The van der Waals surface area contributed by atoms with E-state index >= 15 is 0 Å². The van der Waals surface area contributed by atoms with Crippen molar-refractivity contribution in [1.29, 1.82) is 5.26 Å². The van der Waals surface area contributed by atoms with Crippen LogP contribution in [0.4, 0.5) is 5.69 Å². The summed E-state index contributed by atoms with van der Waals surface area (Å²) in [5.41, 5.74) is 1.08. The van der Waals surface area contributed by atoms with E-state index in [0.29, 0.717) is 17.7 Å². The number of halogens is 1. The molecule has 2 rings (SSSR count). The fraction of sp³-hybridized carbons (Fsp3) is 0.364. The molecule has 78 valence electrons. The molecule has 2 atom stereocenters. The van der Waals surface area contributed by atoms with Gasteiger partial charge in [0.1, 0.15) is 0 Å². The van der Waals surface area contributed by atoms with Crippen molar-refractivity contribution in [3.8, 4) is 6.07 Å². The molecule has 4 heteroatoms. The first kappa shape index (κ1) is 10.7. The van der Waals surface area contributed by atoms with Crippen molar-refractivity contribution in [3.05, 3.63) is 23.2 Å². The van der Waals surface area contributed by atoms with Gasteiger partial charge in [0.05, 0.1) is 6.07 Å². The summed E-state index contributed by atoms with van der Waals surface area (Å²) in [6, 6.07) is 8.35. The maximum absolute atomic E-state index is 8.72. The Morgan fingerprint density at radius 1 is 1.60 bits per heavy atom. The fourth-order valence-corrected chi connectivity index (χ4v) is 2.95. The lowest BCUT2D eigenvalue weighted by atomic mass is 10.1. The van der Waals surface area contributed by atoms with Crippen molar-refractivity contribution >= 4 is 29.1 Å². The Morgan fingerprint density at radius 2 is 2.40 bits per heavy atom. The highest BCUT2D eigenvalue weighted by atomic mass is 35.5. The molecule has 2 nitrogen and oxygen atoms in total. The number of hydrogen-bond donors (Lipinski definition) is 1. The second kappa shape index (κ2) is 4.34. The highest BCUT2D eigenvalue weighted by Crippen LogP contribution is 2.39. The van der Waals surface area contributed by atoms with Crippen LogP contribution in [0, 0.1) is 11.3 Å². The van der Waals surface area contributed by atoms with Crippen molar-refractivity contribution in [1.82, 2.24) is 0 Å². The van der Waals surface area contributed by atoms with Crippen LogP contribution >= 0.6 is 23.4 Å². The minimum atomic E-state index is 0.306. The molecule has 0 radical (unpaired) electrons. The minimum Gasteiger partial charge on any atom is -0.380 e. The van der Waals surface area contributed by atoms with Crippen LogP contribution in [0.15, 0.2) is 23.1 Å². The number of nitrogens with zero attached hydrogens (tertiary/aromatic N) is 1. The third-order valence-electron chi connectivity index (χ3n) is 2.45. The van der Waals surface area contributed by atoms with E-state index in [4.69, 9.17) is 16.9 Å². The molecule has 0 saturated heterocycles. The summed E-state index contributed by atoms with van der Waals surface area (Å²) in [7, 11) is 0. The number of nitriles is 1. The third-order valence-corrected chi connectivity index (χ3v) is 4.18. The normalized spacial score (nSPS) is 23.8. The zero-order valence-corrected chi connectivity index (χ0v) is 9.90. The quantitative estimate of drug-likeness (QED) is 0.813. The lowest BCUT2D eigenvalue weighted by Gasteiger charge is -2.30. The summed E-state index contributed by atoms with van der Waals surface area (Å²) in [5, 5.41) is 13.2. The van der Waals surface area contributed by atoms with Crippen molar-refractivity contribution in [2.75, 3.05) is 5.32 Å². The molecule has 0 fully saturated rings. The first-order valence-electron chi connectivity index (χ1n) is 4.80. The molecule has 0 bridgehead atoms. The second-order valence-electron chi connectivity index (χ2n) is 3.59. The number of benzene rings is 1. The monoisotopic (exact) mass is 238 g/mol. The minimum absolute atomic E-state index is 0.306. The summed E-state index contributed by atoms with van der Waals surface area (Å²) in [4.78, 5) is 1.18. The molecule has 1 N–H and O–H groups in total. The van der Waals surface area contributed by atoms with Crippen LogP contribution in [0.25, 0.3) is 0 Å². The number of hydrogen-bond acceptors (Lipinski definition) is 3. The maximum Gasteiger partial charge on any atom is 0.0634 e. The van der Waals surface area contributed by atoms with E-state index in [2.05, 4.69) is 18.3 Å². The van der Waals surface area contributed by atoms with Crippen LogP contribution < -0.4 is 5.32 Å². The molecule has 0 amide bonds. The third kappa shape index (κ3) is 2.22. The van der Waals surface area contributed by atoms with E-state index in [1.54, 1.807) is 11.8 Å². The Hall–Kier alpha value is -0.850. The standard InChI is InChI=1S/C11H11ClN2S/c1-7-10(4-5-13)15-11-3-2-8(12)6-9(11)14-7/h2-3,6-7,10,14H,4H2,1H3. The van der Waals surface area contributed by atoms with Gasteiger partial charge in [-0.3, -0.25) is 0 Å². The SMILES string of the molecule is CC1Nc2cc(Cl)ccc2SC1CC#N. The van der Waals surface area contributed by atoms with Crippen molar-refractivity contribution in [2.45, 2.75) is 29.5 Å². The van der Waals surface area contributed by atoms with Crippen LogP contribution in [-0.4, -0.2) is 11.3 Å². The average Bonchev–Trinajstić information content (AvgIpc) is 2.20. The van der Waals surface area contributed by atoms with Crippen LogP contribution in [0.5, 0.6) is 0 Å². The molecule has 2 unspecified atom stereocenters. The Labute approximate surface area is 98.6 Å². The Bertz CT molecular complexity index is 414. The number of thioether (sulfide) groups is 1. The molecule has 1 aromatic carbocycles. The average molecular weight is 239 g/mol. The molecular formula is C11H11ClN2S. The van der Waals surface area contributed by atoms with Gasteiger partial charge in [0.25, 0.3) is 0 Å². The van der Waals surface area contributed by atoms with Crippen LogP contribution in [0.3, 0.4) is 0 Å². The van der Waals surface area contributed by atoms with Crippen LogP contribution in [-0.2, 0) is 0 Å². The fourth-order valence-electron chi connectivity index (χ4n) is 1.63. The van der Waals surface area contributed by atoms with E-state index in [9.17, 15) is 0 Å². The van der Waals surface area contributed by atoms with Gasteiger partial charge in [-0.15, -0.1) is 11.8 Å². The predicted octanol–water partition coefficient (Wildman–Crippen LogP) is 3.53. The smallest absolute Gasteiger partial charge is 0.0634 e. The Kier molecular flexibility index (Phi) is 3.08. The van der Waals surface area contributed by atoms with E-state index in [1.165, 1.54) is 4.90 Å². The molecule has 1 heterocycles. The number of fused-ring (bicyclic) bond motifs is 1. The van der Waals surface area contributed by atoms with Gasteiger partial charge in [-0.1, -0.05) is 11.6 Å². The van der Waals surface area contributed by atoms with Gasteiger partial charge in [-0.2, -0.15) is 5.26 Å². The van der Waals surface area contributed by atoms with Crippen LogP contribution in [0.2, 0.25) is 5.02 Å². The van der Waals surface area contributed by atoms with E-state index in [0.717, 1.165) is 10.7 Å². The molecule has 0 saturated carbocycles. The number of nitrogens with one attached hydrogen (secondary N) is 1. The summed E-state index contributed by atoms with van der Waals surface area (Å²) in [5.74, 6) is 0. The number of rotatable bonds is 1. The molecule has 0 aromatic heterocycles. The van der Waals surface area contributed by atoms with E-state index in [-0.39, 0.29) is 0 Å². The van der Waals surface area contributed by atoms with Crippen molar-refractivity contribution in [3.63, 3.8) is 0 Å². The zero-order chi connectivity index (χ0) is 10.8. The van der Waals surface area contributed by atoms with Crippen molar-refractivity contribution in [2.24, 2.45) is 0 Å². The van der Waals surface area contributed by atoms with Gasteiger partial charge in [-0.05, 0) is 25.1 Å². The van der Waals surface area contributed by atoms with E-state index in [1.807, 2.05) is 18.2 Å². The maximum atomic E-state index is 8.72. The predicted molar refractivity (Wildman–Crippen MR) is 64.4 cm³/mol. The lowest BCUT2D eigenvalue weighted by molar-refractivity contribution is 0.730.